The Hall–Kier alpha value is -2.61. The molecule has 0 radical (unpaired) electrons. The highest BCUT2D eigenvalue weighted by Crippen LogP contribution is 2.38. The lowest BCUT2D eigenvalue weighted by Crippen LogP contribution is -2.60. The molecule has 1 aromatic rings. The third-order valence-corrected chi connectivity index (χ3v) is 11.9. The summed E-state index contributed by atoms with van der Waals surface area (Å²) in [6.07, 6.45) is 1.09. The van der Waals surface area contributed by atoms with Crippen LogP contribution in [0.25, 0.3) is 0 Å². The first-order chi connectivity index (χ1) is 26.1. The zero-order valence-electron chi connectivity index (χ0n) is 38.5. The van der Waals surface area contributed by atoms with Crippen LogP contribution in [0, 0.1) is 0 Å². The molecule has 0 saturated carbocycles. The van der Waals surface area contributed by atoms with Crippen LogP contribution in [0.1, 0.15) is 205 Å². The summed E-state index contributed by atoms with van der Waals surface area (Å²) < 4.78 is 25.2. The number of aliphatic hydroxyl groups excluding tert-OH is 1. The van der Waals surface area contributed by atoms with Gasteiger partial charge in [0.1, 0.15) is 18.3 Å². The minimum absolute atomic E-state index is 0.0326. The molecular weight excluding hydrogens is 737 g/mol. The van der Waals surface area contributed by atoms with E-state index in [1.165, 1.54) is 12.1 Å². The number of aliphatic hydroxyl groups is 1. The second-order valence-corrected chi connectivity index (χ2v) is 23.4. The summed E-state index contributed by atoms with van der Waals surface area (Å²) in [4.78, 5) is 43.6. The van der Waals surface area contributed by atoms with Gasteiger partial charge in [-0.1, -0.05) is 0 Å². The van der Waals surface area contributed by atoms with Gasteiger partial charge in [0.2, 0.25) is 0 Å². The number of esters is 3. The molecular formula is C46H76N4O8. The predicted molar refractivity (Wildman–Crippen MR) is 226 cm³/mol. The number of hydrogen-bond donors (Lipinski definition) is 5. The summed E-state index contributed by atoms with van der Waals surface area (Å²) in [6.45, 7) is 33.2. The van der Waals surface area contributed by atoms with Gasteiger partial charge in [0, 0.05) is 88.4 Å². The van der Waals surface area contributed by atoms with Crippen molar-refractivity contribution in [3.05, 3.63) is 34.4 Å². The van der Waals surface area contributed by atoms with E-state index in [0.29, 0.717) is 51.4 Å². The van der Waals surface area contributed by atoms with Crippen molar-refractivity contribution in [3.8, 4) is 0 Å². The van der Waals surface area contributed by atoms with E-state index < -0.39 is 42.5 Å². The highest BCUT2D eigenvalue weighted by Gasteiger charge is 2.45. The second kappa shape index (κ2) is 15.7. The van der Waals surface area contributed by atoms with Gasteiger partial charge in [0.15, 0.2) is 6.29 Å². The molecule has 4 aliphatic heterocycles. The Labute approximate surface area is 348 Å². The Morgan fingerprint density at radius 1 is 0.448 bits per heavy atom. The van der Waals surface area contributed by atoms with Crippen molar-refractivity contribution in [2.45, 2.75) is 237 Å². The van der Waals surface area contributed by atoms with Crippen LogP contribution in [0.3, 0.4) is 0 Å². The maximum atomic E-state index is 14.5. The Bertz CT molecular complexity index is 1660. The van der Waals surface area contributed by atoms with Gasteiger partial charge in [0.25, 0.3) is 0 Å². The molecule has 5 N–H and O–H groups in total. The number of benzene rings is 1. The van der Waals surface area contributed by atoms with E-state index in [1.807, 2.05) is 0 Å². The summed E-state index contributed by atoms with van der Waals surface area (Å²) in [5, 5.41) is 26.5. The number of carbonyl (C=O) groups excluding carboxylic acids is 3. The Morgan fingerprint density at radius 2 is 0.690 bits per heavy atom. The minimum Gasteiger partial charge on any atom is -0.459 e. The van der Waals surface area contributed by atoms with Gasteiger partial charge in [0.05, 0.1) is 22.8 Å². The molecule has 58 heavy (non-hydrogen) atoms. The van der Waals surface area contributed by atoms with Crippen molar-refractivity contribution in [1.82, 2.24) is 21.3 Å². The third-order valence-electron chi connectivity index (χ3n) is 11.9. The van der Waals surface area contributed by atoms with Crippen LogP contribution in [0.5, 0.6) is 0 Å². The molecule has 4 aliphatic rings. The van der Waals surface area contributed by atoms with E-state index in [1.54, 1.807) is 0 Å². The SMILES string of the molecule is CC1(C)CC(OC(=O)c2cc(C(=O)OC3CC(C)(C)NC(C)(C)C3)c(C(O)OC3CC(C)(C)NC(C)(C)C3)cc2C(=O)OC2CC(C)(C)NC(C)(C)C2)CC(C)(C)N1. The number of ether oxygens (including phenoxy) is 4. The molecule has 1 atom stereocenters. The molecule has 4 saturated heterocycles. The van der Waals surface area contributed by atoms with Gasteiger partial charge in [-0.15, -0.1) is 0 Å². The highest BCUT2D eigenvalue weighted by atomic mass is 16.6. The number of piperidine rings is 4. The number of carbonyl (C=O) groups is 3. The lowest BCUT2D eigenvalue weighted by Gasteiger charge is -2.46. The molecule has 5 rings (SSSR count). The van der Waals surface area contributed by atoms with Crippen LogP contribution in [0.2, 0.25) is 0 Å². The molecule has 0 aliphatic carbocycles. The van der Waals surface area contributed by atoms with Gasteiger partial charge in [-0.25, -0.2) is 14.4 Å². The fraction of sp³-hybridized carbons (Fsp3) is 0.804. The summed E-state index contributed by atoms with van der Waals surface area (Å²) in [7, 11) is 0. The van der Waals surface area contributed by atoms with Crippen LogP contribution in [0.4, 0.5) is 0 Å². The lowest BCUT2D eigenvalue weighted by molar-refractivity contribution is -0.161. The highest BCUT2D eigenvalue weighted by molar-refractivity contribution is 6.06. The fourth-order valence-electron chi connectivity index (χ4n) is 11.5. The Morgan fingerprint density at radius 3 is 0.983 bits per heavy atom. The van der Waals surface area contributed by atoms with Crippen LogP contribution >= 0.6 is 0 Å². The van der Waals surface area contributed by atoms with Crippen molar-refractivity contribution < 1.29 is 38.4 Å². The largest absolute Gasteiger partial charge is 0.459 e. The van der Waals surface area contributed by atoms with Crippen LogP contribution in [0.15, 0.2) is 12.1 Å². The van der Waals surface area contributed by atoms with Crippen LogP contribution in [-0.4, -0.2) is 91.7 Å². The van der Waals surface area contributed by atoms with Crippen molar-refractivity contribution in [2.24, 2.45) is 0 Å². The number of hydrogen-bond acceptors (Lipinski definition) is 12. The predicted octanol–water partition coefficient (Wildman–Crippen LogP) is 7.40. The normalized spacial score (nSPS) is 26.9. The van der Waals surface area contributed by atoms with Crippen LogP contribution in [-0.2, 0) is 18.9 Å². The zero-order valence-corrected chi connectivity index (χ0v) is 38.5. The quantitative estimate of drug-likeness (QED) is 0.0959. The van der Waals surface area contributed by atoms with E-state index in [-0.39, 0.29) is 72.7 Å². The summed E-state index contributed by atoms with van der Waals surface area (Å²) >= 11 is 0. The van der Waals surface area contributed by atoms with Gasteiger partial charge in [-0.2, -0.15) is 0 Å². The van der Waals surface area contributed by atoms with E-state index >= 15 is 0 Å². The molecule has 0 aromatic heterocycles. The average molecular weight is 813 g/mol. The molecule has 0 bridgehead atoms. The molecule has 4 fully saturated rings. The smallest absolute Gasteiger partial charge is 0.339 e. The van der Waals surface area contributed by atoms with E-state index in [9.17, 15) is 19.5 Å². The Kier molecular flexibility index (Phi) is 12.6. The molecule has 12 nitrogen and oxygen atoms in total. The average Bonchev–Trinajstić information content (AvgIpc) is 2.93. The first kappa shape index (κ1) is 46.5. The lowest BCUT2D eigenvalue weighted by atomic mass is 9.80. The van der Waals surface area contributed by atoms with Crippen molar-refractivity contribution >= 4 is 17.9 Å². The van der Waals surface area contributed by atoms with Crippen molar-refractivity contribution in [2.75, 3.05) is 0 Å². The molecule has 0 amide bonds. The molecule has 12 heteroatoms. The van der Waals surface area contributed by atoms with E-state index in [2.05, 4.69) is 132 Å². The minimum atomic E-state index is -1.63. The molecule has 328 valence electrons. The fourth-order valence-corrected chi connectivity index (χ4v) is 11.5. The number of nitrogens with one attached hydrogen (secondary N) is 4. The van der Waals surface area contributed by atoms with Crippen molar-refractivity contribution in [1.29, 1.82) is 0 Å². The Balaban J connectivity index is 1.60. The molecule has 1 unspecified atom stereocenters. The van der Waals surface area contributed by atoms with Crippen LogP contribution < -0.4 is 21.3 Å². The number of rotatable bonds is 9. The second-order valence-electron chi connectivity index (χ2n) is 23.4. The van der Waals surface area contributed by atoms with Gasteiger partial charge < -0.3 is 45.3 Å². The molecule has 0 spiro atoms. The molecule has 4 heterocycles. The topological polar surface area (TPSA) is 156 Å². The zero-order chi connectivity index (χ0) is 43.7. The first-order valence-electron chi connectivity index (χ1n) is 21.4. The summed E-state index contributed by atoms with van der Waals surface area (Å²) in [5.41, 5.74) is -2.75. The van der Waals surface area contributed by atoms with E-state index in [0.717, 1.165) is 0 Å². The van der Waals surface area contributed by atoms with Gasteiger partial charge >= 0.3 is 17.9 Å². The standard InChI is InChI=1S/C46H76N4O8/c1-39(2)19-27(20-40(3,4)47-39)55-35(51)31-17-33(37(53)57-29-23-43(9,10)49-44(11,12)24-29)34(38(54)58-30-25-45(13,14)50-46(15,16)26-30)18-32(31)36(52)56-28-21-41(5,6)48-42(7,8)22-28/h17-18,27-30,35,47-51H,19-26H2,1-16H3. The maximum absolute atomic E-state index is 14.5. The maximum Gasteiger partial charge on any atom is 0.339 e. The summed E-state index contributed by atoms with van der Waals surface area (Å²) in [6, 6.07) is 2.74. The van der Waals surface area contributed by atoms with E-state index in [4.69, 9.17) is 18.9 Å². The van der Waals surface area contributed by atoms with Gasteiger partial charge in [-0.3, -0.25) is 0 Å². The van der Waals surface area contributed by atoms with Crippen molar-refractivity contribution in [3.63, 3.8) is 0 Å². The molecule has 1 aromatic carbocycles. The monoisotopic (exact) mass is 813 g/mol. The first-order valence-corrected chi connectivity index (χ1v) is 21.4. The summed E-state index contributed by atoms with van der Waals surface area (Å²) in [5.74, 6) is -2.21. The van der Waals surface area contributed by atoms with Gasteiger partial charge in [-0.05, 0) is 136 Å². The third kappa shape index (κ3) is 12.2.